The maximum absolute atomic E-state index is 5.56. The van der Waals surface area contributed by atoms with Crippen LogP contribution in [0, 0.1) is 5.92 Å². The van der Waals surface area contributed by atoms with E-state index in [1.54, 1.807) is 24.8 Å². The topological polar surface area (TPSA) is 132 Å². The summed E-state index contributed by atoms with van der Waals surface area (Å²) in [5.74, 6) is 3.11. The lowest BCUT2D eigenvalue weighted by molar-refractivity contribution is 0.419. The minimum Gasteiger partial charge on any atom is -0.368 e. The molecule has 37 heavy (non-hydrogen) atoms. The van der Waals surface area contributed by atoms with Gasteiger partial charge in [0.05, 0.1) is 12.4 Å². The number of nitrogens with two attached hydrogens (primary N) is 1. The maximum atomic E-state index is 5.56. The summed E-state index contributed by atoms with van der Waals surface area (Å²) in [4.78, 5) is 23.8. The molecule has 10 heteroatoms. The van der Waals surface area contributed by atoms with E-state index in [1.807, 2.05) is 31.2 Å². The molecule has 10 nitrogen and oxygen atoms in total. The molecule has 1 atom stereocenters. The highest BCUT2D eigenvalue weighted by molar-refractivity contribution is 5.62. The molecular weight excluding hydrogens is 466 g/mol. The van der Waals surface area contributed by atoms with E-state index in [2.05, 4.69) is 47.2 Å². The predicted molar refractivity (Wildman–Crippen MR) is 145 cm³/mol. The van der Waals surface area contributed by atoms with E-state index in [-0.39, 0.29) is 19.3 Å². The van der Waals surface area contributed by atoms with E-state index < -0.39 is 0 Å². The highest BCUT2D eigenvalue weighted by Crippen LogP contribution is 2.27. The van der Waals surface area contributed by atoms with Gasteiger partial charge in [-0.3, -0.25) is 0 Å². The van der Waals surface area contributed by atoms with Crippen LogP contribution in [0.3, 0.4) is 0 Å². The van der Waals surface area contributed by atoms with Crippen LogP contribution in [0.25, 0.3) is 22.7 Å². The molecule has 1 aliphatic heterocycles. The lowest BCUT2D eigenvalue weighted by atomic mass is 9.98. The van der Waals surface area contributed by atoms with Crippen molar-refractivity contribution in [3.05, 3.63) is 60.4 Å². The zero-order chi connectivity index (χ0) is 24.9. The third-order valence-electron chi connectivity index (χ3n) is 6.41. The van der Waals surface area contributed by atoms with Crippen molar-refractivity contribution >= 4 is 11.8 Å². The minimum absolute atomic E-state index is 0. The highest BCUT2D eigenvalue weighted by atomic mass is 16.5. The summed E-state index contributed by atoms with van der Waals surface area (Å²) in [7, 11) is 0. The van der Waals surface area contributed by atoms with Crippen LogP contribution in [0.5, 0.6) is 0 Å². The van der Waals surface area contributed by atoms with Gasteiger partial charge in [0.25, 0.3) is 5.89 Å². The van der Waals surface area contributed by atoms with Crippen LogP contribution in [-0.4, -0.2) is 56.3 Å². The number of benzene rings is 1. The van der Waals surface area contributed by atoms with Crippen molar-refractivity contribution in [3.63, 3.8) is 0 Å². The van der Waals surface area contributed by atoms with E-state index in [0.29, 0.717) is 17.4 Å². The Morgan fingerprint density at radius 1 is 0.946 bits per heavy atom. The normalized spacial score (nSPS) is 15.8. The molecule has 0 radical (unpaired) electrons. The largest absolute Gasteiger partial charge is 0.368 e. The zero-order valence-corrected chi connectivity index (χ0v) is 20.6. The molecule has 3 N–H and O–H groups in total. The monoisotopic (exact) mass is 501 g/mol. The number of anilines is 2. The average Bonchev–Trinajstić information content (AvgIpc) is 3.56. The van der Waals surface area contributed by atoms with E-state index in [4.69, 9.17) is 10.3 Å². The molecule has 6 rings (SSSR count). The molecule has 2 fully saturated rings. The number of aromatic nitrogens is 6. The van der Waals surface area contributed by atoms with Crippen molar-refractivity contribution in [1.29, 1.82) is 0 Å². The number of nitrogen functional groups attached to an aromatic ring is 1. The van der Waals surface area contributed by atoms with Gasteiger partial charge in [0.2, 0.25) is 5.95 Å². The summed E-state index contributed by atoms with van der Waals surface area (Å²) in [5.41, 5.74) is 9.11. The molecule has 2 aliphatic rings. The summed E-state index contributed by atoms with van der Waals surface area (Å²) in [6.45, 7) is 8.04. The van der Waals surface area contributed by atoms with Crippen molar-refractivity contribution < 1.29 is 4.52 Å². The summed E-state index contributed by atoms with van der Waals surface area (Å²) in [6.07, 6.45) is 9.83. The summed E-state index contributed by atoms with van der Waals surface area (Å²) in [6, 6.07) is 8.10. The van der Waals surface area contributed by atoms with Crippen LogP contribution in [-0.2, 0) is 0 Å². The van der Waals surface area contributed by atoms with Gasteiger partial charge in [0.15, 0.2) is 5.82 Å². The summed E-state index contributed by atoms with van der Waals surface area (Å²) < 4.78 is 5.47. The Labute approximate surface area is 217 Å². The Kier molecular flexibility index (Phi) is 8.39. The van der Waals surface area contributed by atoms with Crippen LogP contribution >= 0.6 is 0 Å². The standard InChI is InChI=1S/C22H23N9O.C4H8.CH4/c1-14(15-2-4-16(5-3-15)17-10-27-22(23)28-11-17)20-29-21(32-30-20)18-12-26-19(13-25-18)31-8-6-24-7-9-31;1-4-2-3-4;/h2-5,10-14,24H,6-9H2,1H3,(H2,23,27,28);4H,2-3H2,1H3;1H4. The van der Waals surface area contributed by atoms with Gasteiger partial charge in [-0.1, -0.05) is 63.5 Å². The molecule has 3 aromatic heterocycles. The number of hydrogen-bond donors (Lipinski definition) is 2. The second-order valence-electron chi connectivity index (χ2n) is 9.31. The first kappa shape index (κ1) is 26.2. The van der Waals surface area contributed by atoms with Gasteiger partial charge in [-0.05, 0) is 17.0 Å². The van der Waals surface area contributed by atoms with Crippen molar-refractivity contribution in [2.75, 3.05) is 36.8 Å². The molecule has 1 unspecified atom stereocenters. The predicted octanol–water partition coefficient (Wildman–Crippen LogP) is 4.18. The summed E-state index contributed by atoms with van der Waals surface area (Å²) >= 11 is 0. The number of nitrogens with one attached hydrogen (secondary N) is 1. The SMILES string of the molecule is C.CC(c1ccc(-c2cnc(N)nc2)cc1)c1noc(-c2cnc(N3CCNCC3)cn2)n1.CC1CC1. The van der Waals surface area contributed by atoms with Crippen molar-refractivity contribution in [2.24, 2.45) is 5.92 Å². The Balaban J connectivity index is 0.000000586. The fraction of sp³-hybridized carbons (Fsp3) is 0.407. The average molecular weight is 502 g/mol. The third kappa shape index (κ3) is 6.65. The molecule has 4 aromatic rings. The van der Waals surface area contributed by atoms with Crippen LogP contribution < -0.4 is 16.0 Å². The van der Waals surface area contributed by atoms with Crippen molar-refractivity contribution in [1.82, 2.24) is 35.4 Å². The van der Waals surface area contributed by atoms with E-state index >= 15 is 0 Å². The van der Waals surface area contributed by atoms with E-state index in [0.717, 1.165) is 54.6 Å². The van der Waals surface area contributed by atoms with Gasteiger partial charge < -0.3 is 20.5 Å². The van der Waals surface area contributed by atoms with Gasteiger partial charge in [-0.15, -0.1) is 0 Å². The first-order valence-electron chi connectivity index (χ1n) is 12.4. The fourth-order valence-corrected chi connectivity index (χ4v) is 3.77. The van der Waals surface area contributed by atoms with Crippen LogP contribution in [0.15, 0.2) is 53.6 Å². The van der Waals surface area contributed by atoms with E-state index in [1.165, 1.54) is 12.8 Å². The molecular formula is C27H35N9O. The van der Waals surface area contributed by atoms with Crippen molar-refractivity contribution in [3.8, 4) is 22.7 Å². The molecule has 4 heterocycles. The minimum atomic E-state index is -0.0442. The van der Waals surface area contributed by atoms with Gasteiger partial charge in [0.1, 0.15) is 11.5 Å². The Hall–Kier alpha value is -3.92. The number of piperazine rings is 1. The third-order valence-corrected chi connectivity index (χ3v) is 6.41. The number of rotatable bonds is 5. The number of nitrogens with zero attached hydrogens (tertiary/aromatic N) is 7. The molecule has 0 bridgehead atoms. The van der Waals surface area contributed by atoms with Gasteiger partial charge in [-0.25, -0.2) is 19.9 Å². The molecule has 1 saturated heterocycles. The van der Waals surface area contributed by atoms with Crippen molar-refractivity contribution in [2.45, 2.75) is 40.0 Å². The molecule has 0 amide bonds. The smallest absolute Gasteiger partial charge is 0.278 e. The Morgan fingerprint density at radius 3 is 2.22 bits per heavy atom. The molecule has 194 valence electrons. The molecule has 1 aromatic carbocycles. The quantitative estimate of drug-likeness (QED) is 0.410. The number of hydrogen-bond acceptors (Lipinski definition) is 10. The Morgan fingerprint density at radius 2 is 1.62 bits per heavy atom. The zero-order valence-electron chi connectivity index (χ0n) is 20.6. The van der Waals surface area contributed by atoms with Gasteiger partial charge in [-0.2, -0.15) is 4.98 Å². The van der Waals surface area contributed by atoms with Crippen LogP contribution in [0.1, 0.15) is 51.4 Å². The first-order valence-corrected chi connectivity index (χ1v) is 12.4. The fourth-order valence-electron chi connectivity index (χ4n) is 3.77. The second kappa shape index (κ2) is 11.9. The maximum Gasteiger partial charge on any atom is 0.278 e. The Bertz CT molecular complexity index is 1250. The lowest BCUT2D eigenvalue weighted by Crippen LogP contribution is -2.43. The van der Waals surface area contributed by atoms with Gasteiger partial charge >= 0.3 is 0 Å². The first-order chi connectivity index (χ1) is 17.6. The second-order valence-corrected chi connectivity index (χ2v) is 9.31. The lowest BCUT2D eigenvalue weighted by Gasteiger charge is -2.27. The van der Waals surface area contributed by atoms with E-state index in [9.17, 15) is 0 Å². The highest BCUT2D eigenvalue weighted by Gasteiger charge is 2.19. The van der Waals surface area contributed by atoms with Gasteiger partial charge in [0, 0.05) is 50.1 Å². The van der Waals surface area contributed by atoms with Crippen LogP contribution in [0.4, 0.5) is 11.8 Å². The molecule has 0 spiro atoms. The molecule has 1 saturated carbocycles. The molecule has 1 aliphatic carbocycles. The van der Waals surface area contributed by atoms with Crippen LogP contribution in [0.2, 0.25) is 0 Å². The summed E-state index contributed by atoms with van der Waals surface area (Å²) in [5, 5.41) is 7.49.